The van der Waals surface area contributed by atoms with Crippen LogP contribution in [0.4, 0.5) is 13.2 Å². The Kier molecular flexibility index (Phi) is 9.17. The molecule has 3 aliphatic heterocycles. The Hall–Kier alpha value is -2.17. The summed E-state index contributed by atoms with van der Waals surface area (Å²) in [4.78, 5) is 26.4. The molecule has 35 heavy (non-hydrogen) atoms. The molecule has 4 rings (SSSR count). The van der Waals surface area contributed by atoms with Gasteiger partial charge in [0.2, 0.25) is 0 Å². The number of aliphatic hydroxyl groups excluding tert-OH is 1. The average Bonchev–Trinajstić information content (AvgIpc) is 3.22. The molecule has 2 N–H and O–H groups in total. The minimum atomic E-state index is -5.08. The minimum absolute atomic E-state index is 0.119. The number of carboxylic acid groups (broad SMARTS) is 1. The van der Waals surface area contributed by atoms with Crippen LogP contribution in [0.1, 0.15) is 54.9 Å². The van der Waals surface area contributed by atoms with Gasteiger partial charge in [-0.1, -0.05) is 25.1 Å². The van der Waals surface area contributed by atoms with Gasteiger partial charge in [0.25, 0.3) is 5.91 Å². The number of nitrogens with zero attached hydrogens (tertiary/aromatic N) is 2. The Labute approximate surface area is 203 Å². The fourth-order valence-electron chi connectivity index (χ4n) is 5.14. The fraction of sp³-hybridized carbons (Fsp3) is 0.680. The summed E-state index contributed by atoms with van der Waals surface area (Å²) in [6.45, 7) is 7.56. The number of ether oxygens (including phenoxy) is 1. The quantitative estimate of drug-likeness (QED) is 0.659. The molecule has 3 aliphatic rings. The maximum absolute atomic E-state index is 13.0. The smallest absolute Gasteiger partial charge is 0.475 e. The predicted octanol–water partition coefficient (Wildman–Crippen LogP) is 3.35. The molecule has 1 aromatic rings. The molecule has 1 unspecified atom stereocenters. The number of alkyl halides is 3. The molecule has 0 bridgehead atoms. The molecule has 0 radical (unpaired) electrons. The maximum Gasteiger partial charge on any atom is 0.490 e. The number of aliphatic carboxylic acids is 1. The lowest BCUT2D eigenvalue weighted by atomic mass is 9.76. The molecule has 1 spiro atoms. The number of carbonyl (C=O) groups excluding carboxylic acids is 1. The van der Waals surface area contributed by atoms with Crippen molar-refractivity contribution < 1.29 is 37.7 Å². The highest BCUT2D eigenvalue weighted by atomic mass is 19.4. The van der Waals surface area contributed by atoms with Crippen molar-refractivity contribution in [3.63, 3.8) is 0 Å². The first-order valence-electron chi connectivity index (χ1n) is 12.2. The van der Waals surface area contributed by atoms with Gasteiger partial charge in [0.05, 0.1) is 18.8 Å². The zero-order chi connectivity index (χ0) is 25.6. The number of aliphatic hydroxyl groups is 1. The van der Waals surface area contributed by atoms with Gasteiger partial charge in [0.15, 0.2) is 0 Å². The number of halogens is 3. The summed E-state index contributed by atoms with van der Waals surface area (Å²) in [5.74, 6) is -2.57. The number of likely N-dealkylation sites (tertiary alicyclic amines) is 2. The Balaban J connectivity index is 0.000000429. The summed E-state index contributed by atoms with van der Waals surface area (Å²) in [5.41, 5.74) is 2.26. The topological polar surface area (TPSA) is 90.3 Å². The molecule has 1 amide bonds. The van der Waals surface area contributed by atoms with Gasteiger partial charge in [0.1, 0.15) is 0 Å². The van der Waals surface area contributed by atoms with Gasteiger partial charge in [-0.25, -0.2) is 4.79 Å². The number of aryl methyl sites for hydroxylation is 1. The lowest BCUT2D eigenvalue weighted by molar-refractivity contribution is -0.192. The summed E-state index contributed by atoms with van der Waals surface area (Å²) in [6, 6.07) is 8.01. The van der Waals surface area contributed by atoms with Crippen LogP contribution in [0.3, 0.4) is 0 Å². The molecule has 196 valence electrons. The number of rotatable bonds is 4. The molecule has 3 fully saturated rings. The lowest BCUT2D eigenvalue weighted by Gasteiger charge is -2.39. The van der Waals surface area contributed by atoms with Gasteiger partial charge in [-0.05, 0) is 55.6 Å². The molecule has 0 aliphatic carbocycles. The van der Waals surface area contributed by atoms with E-state index in [1.807, 2.05) is 23.1 Å². The molecule has 10 heteroatoms. The van der Waals surface area contributed by atoms with Crippen LogP contribution in [0.15, 0.2) is 24.3 Å². The second-order valence-electron chi connectivity index (χ2n) is 9.77. The van der Waals surface area contributed by atoms with Crippen molar-refractivity contribution in [2.45, 2.75) is 63.8 Å². The van der Waals surface area contributed by atoms with Crippen LogP contribution < -0.4 is 0 Å². The highest BCUT2D eigenvalue weighted by molar-refractivity contribution is 5.95. The second-order valence-corrected chi connectivity index (χ2v) is 9.77. The number of carbonyl (C=O) groups is 2. The van der Waals surface area contributed by atoms with E-state index < -0.39 is 12.1 Å². The molecule has 7 nitrogen and oxygen atoms in total. The molecule has 0 aromatic heterocycles. The van der Waals surface area contributed by atoms with Crippen molar-refractivity contribution in [3.05, 3.63) is 35.4 Å². The number of benzene rings is 1. The molecule has 0 saturated carbocycles. The number of amides is 1. The first-order chi connectivity index (χ1) is 16.5. The van der Waals surface area contributed by atoms with Crippen LogP contribution in [-0.2, 0) is 16.0 Å². The lowest BCUT2D eigenvalue weighted by Crippen LogP contribution is -2.44. The minimum Gasteiger partial charge on any atom is -0.475 e. The van der Waals surface area contributed by atoms with Gasteiger partial charge >= 0.3 is 12.1 Å². The monoisotopic (exact) mass is 500 g/mol. The summed E-state index contributed by atoms with van der Waals surface area (Å²) in [6.07, 6.45) is 0.958. The van der Waals surface area contributed by atoms with E-state index in [1.165, 1.54) is 0 Å². The molecule has 1 aromatic carbocycles. The van der Waals surface area contributed by atoms with Crippen molar-refractivity contribution in [2.24, 2.45) is 5.41 Å². The van der Waals surface area contributed by atoms with Gasteiger partial charge in [-0.15, -0.1) is 0 Å². The van der Waals surface area contributed by atoms with Crippen LogP contribution in [0.5, 0.6) is 0 Å². The highest BCUT2D eigenvalue weighted by Crippen LogP contribution is 2.42. The molecular formula is C25H35F3N2O5. The van der Waals surface area contributed by atoms with Crippen LogP contribution in [0, 0.1) is 5.41 Å². The van der Waals surface area contributed by atoms with Crippen molar-refractivity contribution in [3.8, 4) is 0 Å². The zero-order valence-corrected chi connectivity index (χ0v) is 20.1. The second kappa shape index (κ2) is 11.7. The van der Waals surface area contributed by atoms with E-state index in [2.05, 4.69) is 17.9 Å². The maximum atomic E-state index is 13.0. The third-order valence-electron chi connectivity index (χ3n) is 7.29. The van der Waals surface area contributed by atoms with Crippen LogP contribution in [0.25, 0.3) is 0 Å². The molecule has 3 heterocycles. The van der Waals surface area contributed by atoms with Crippen LogP contribution >= 0.6 is 0 Å². The van der Waals surface area contributed by atoms with E-state index in [1.54, 1.807) is 0 Å². The summed E-state index contributed by atoms with van der Waals surface area (Å²) in [5, 5.41) is 16.8. The average molecular weight is 501 g/mol. The largest absolute Gasteiger partial charge is 0.490 e. The van der Waals surface area contributed by atoms with E-state index >= 15 is 0 Å². The Morgan fingerprint density at radius 3 is 2.29 bits per heavy atom. The standard InChI is InChI=1S/C23H34N2O3.C2HF3O2/c1-2-18-5-3-4-6-21(18)22(27)25-13-9-23(10-14-25)15-20(28-17-23)16-24-11-7-19(26)8-12-24;3-2(4,5)1(6)7/h3-6,19-20,26H,2,7-17H2,1H3;(H,6,7). The van der Waals surface area contributed by atoms with E-state index in [-0.39, 0.29) is 17.4 Å². The summed E-state index contributed by atoms with van der Waals surface area (Å²) >= 11 is 0. The van der Waals surface area contributed by atoms with Gasteiger partial charge in [0, 0.05) is 38.3 Å². The number of piperidine rings is 2. The SMILES string of the molecule is CCc1ccccc1C(=O)N1CCC2(CC1)COC(CN1CCC(O)CC1)C2.O=C(O)C(F)(F)F. The van der Waals surface area contributed by atoms with Crippen molar-refractivity contribution in [2.75, 3.05) is 39.3 Å². The van der Waals surface area contributed by atoms with E-state index in [9.17, 15) is 23.1 Å². The fourth-order valence-corrected chi connectivity index (χ4v) is 5.14. The van der Waals surface area contributed by atoms with Crippen molar-refractivity contribution in [1.82, 2.24) is 9.80 Å². The first kappa shape index (κ1) is 27.4. The number of hydrogen-bond acceptors (Lipinski definition) is 5. The third kappa shape index (κ3) is 7.41. The van der Waals surface area contributed by atoms with Gasteiger partial charge in [-0.3, -0.25) is 4.79 Å². The Bertz CT molecular complexity index is 863. The van der Waals surface area contributed by atoms with Gasteiger partial charge < -0.3 is 24.7 Å². The predicted molar refractivity (Wildman–Crippen MR) is 123 cm³/mol. The van der Waals surface area contributed by atoms with E-state index in [4.69, 9.17) is 14.6 Å². The highest BCUT2D eigenvalue weighted by Gasteiger charge is 2.43. The zero-order valence-electron chi connectivity index (χ0n) is 20.1. The van der Waals surface area contributed by atoms with E-state index in [0.29, 0.717) is 6.10 Å². The third-order valence-corrected chi connectivity index (χ3v) is 7.29. The molecule has 1 atom stereocenters. The summed E-state index contributed by atoms with van der Waals surface area (Å²) in [7, 11) is 0. The van der Waals surface area contributed by atoms with Gasteiger partial charge in [-0.2, -0.15) is 13.2 Å². The summed E-state index contributed by atoms with van der Waals surface area (Å²) < 4.78 is 37.9. The van der Waals surface area contributed by atoms with Crippen molar-refractivity contribution >= 4 is 11.9 Å². The Morgan fingerprint density at radius 1 is 1.11 bits per heavy atom. The number of carboxylic acids is 1. The first-order valence-corrected chi connectivity index (χ1v) is 12.2. The molecular weight excluding hydrogens is 465 g/mol. The Morgan fingerprint density at radius 2 is 1.71 bits per heavy atom. The number of hydrogen-bond donors (Lipinski definition) is 2. The van der Waals surface area contributed by atoms with Crippen LogP contribution in [-0.4, -0.2) is 89.6 Å². The van der Waals surface area contributed by atoms with E-state index in [0.717, 1.165) is 89.0 Å². The van der Waals surface area contributed by atoms with Crippen molar-refractivity contribution in [1.29, 1.82) is 0 Å². The molecule has 3 saturated heterocycles. The van der Waals surface area contributed by atoms with Crippen LogP contribution in [0.2, 0.25) is 0 Å². The normalized spacial score (nSPS) is 23.1.